The zero-order valence-electron chi connectivity index (χ0n) is 14.8. The summed E-state index contributed by atoms with van der Waals surface area (Å²) in [5, 5.41) is 7.85. The molecule has 1 atom stereocenters. The van der Waals surface area contributed by atoms with Gasteiger partial charge in [-0.15, -0.1) is 11.3 Å². The molecule has 7 heteroatoms. The lowest BCUT2D eigenvalue weighted by atomic mass is 10.1. The molecule has 0 radical (unpaired) electrons. The number of aryl methyl sites for hydroxylation is 2. The Labute approximate surface area is 155 Å². The number of amides is 2. The van der Waals surface area contributed by atoms with Crippen molar-refractivity contribution in [2.75, 3.05) is 5.32 Å². The number of thiazole rings is 1. The van der Waals surface area contributed by atoms with E-state index in [1.807, 2.05) is 43.6 Å². The first-order chi connectivity index (χ1) is 12.4. The van der Waals surface area contributed by atoms with Crippen molar-refractivity contribution in [3.05, 3.63) is 59.2 Å². The molecule has 0 aliphatic carbocycles. The van der Waals surface area contributed by atoms with Crippen molar-refractivity contribution < 1.29 is 9.59 Å². The van der Waals surface area contributed by atoms with E-state index in [0.717, 1.165) is 16.8 Å². The van der Waals surface area contributed by atoms with Gasteiger partial charge in [-0.25, -0.2) is 4.98 Å². The number of benzene rings is 1. The van der Waals surface area contributed by atoms with Gasteiger partial charge in [0.1, 0.15) is 6.04 Å². The molecule has 6 nitrogen and oxygen atoms in total. The van der Waals surface area contributed by atoms with Crippen molar-refractivity contribution in [1.29, 1.82) is 0 Å². The first-order valence-corrected chi connectivity index (χ1v) is 9.06. The predicted molar refractivity (Wildman–Crippen MR) is 103 cm³/mol. The van der Waals surface area contributed by atoms with Gasteiger partial charge in [0.15, 0.2) is 5.13 Å². The smallest absolute Gasteiger partial charge is 0.253 e. The molecule has 1 unspecified atom stereocenters. The minimum atomic E-state index is -0.672. The van der Waals surface area contributed by atoms with E-state index >= 15 is 0 Å². The molecule has 2 aromatic heterocycles. The Balaban J connectivity index is 1.62. The summed E-state index contributed by atoms with van der Waals surface area (Å²) in [6.07, 6.45) is 3.48. The molecule has 2 heterocycles. The van der Waals surface area contributed by atoms with Gasteiger partial charge in [0.05, 0.1) is 11.3 Å². The molecule has 2 amide bonds. The molecule has 0 saturated carbocycles. The fraction of sp³-hybridized carbons (Fsp3) is 0.211. The lowest BCUT2D eigenvalue weighted by molar-refractivity contribution is -0.117. The van der Waals surface area contributed by atoms with Crippen LogP contribution in [-0.4, -0.2) is 27.4 Å². The third-order valence-electron chi connectivity index (χ3n) is 3.88. The average Bonchev–Trinajstić information content (AvgIpc) is 3.24. The van der Waals surface area contributed by atoms with Crippen LogP contribution in [0.15, 0.2) is 48.1 Å². The molecule has 0 spiro atoms. The third-order valence-corrected chi connectivity index (χ3v) is 4.64. The average molecular weight is 368 g/mol. The zero-order valence-corrected chi connectivity index (χ0v) is 15.6. The highest BCUT2D eigenvalue weighted by molar-refractivity contribution is 7.14. The molecule has 0 bridgehead atoms. The second-order valence-corrected chi connectivity index (χ2v) is 7.02. The van der Waals surface area contributed by atoms with Gasteiger partial charge in [0.2, 0.25) is 5.91 Å². The molecule has 3 rings (SSSR count). The van der Waals surface area contributed by atoms with E-state index in [9.17, 15) is 9.59 Å². The molecule has 0 saturated heterocycles. The van der Waals surface area contributed by atoms with Crippen LogP contribution in [0.4, 0.5) is 5.13 Å². The Kier molecular flexibility index (Phi) is 5.18. The van der Waals surface area contributed by atoms with Gasteiger partial charge < -0.3 is 15.2 Å². The van der Waals surface area contributed by atoms with Crippen molar-refractivity contribution in [2.45, 2.75) is 19.9 Å². The summed E-state index contributed by atoms with van der Waals surface area (Å²) in [7, 11) is 1.83. The molecule has 0 aliphatic rings. The fourth-order valence-corrected chi connectivity index (χ4v) is 3.19. The summed E-state index contributed by atoms with van der Waals surface area (Å²) in [6, 6.07) is 9.06. The van der Waals surface area contributed by atoms with Gasteiger partial charge in [-0.05, 0) is 26.0 Å². The van der Waals surface area contributed by atoms with E-state index in [4.69, 9.17) is 0 Å². The van der Waals surface area contributed by atoms with E-state index < -0.39 is 6.04 Å². The van der Waals surface area contributed by atoms with Crippen LogP contribution >= 0.6 is 11.3 Å². The molecule has 26 heavy (non-hydrogen) atoms. The lowest BCUT2D eigenvalue weighted by Crippen LogP contribution is -2.41. The van der Waals surface area contributed by atoms with Crippen molar-refractivity contribution in [1.82, 2.24) is 14.9 Å². The van der Waals surface area contributed by atoms with Gasteiger partial charge in [-0.3, -0.25) is 9.59 Å². The third kappa shape index (κ3) is 4.18. The van der Waals surface area contributed by atoms with Crippen molar-refractivity contribution in [3.63, 3.8) is 0 Å². The van der Waals surface area contributed by atoms with Crippen LogP contribution in [0.2, 0.25) is 0 Å². The summed E-state index contributed by atoms with van der Waals surface area (Å²) >= 11 is 1.36. The number of nitrogens with zero attached hydrogens (tertiary/aromatic N) is 2. The number of hydrogen-bond donors (Lipinski definition) is 2. The highest BCUT2D eigenvalue weighted by Crippen LogP contribution is 2.25. The number of hydrogen-bond acceptors (Lipinski definition) is 4. The van der Waals surface area contributed by atoms with Gasteiger partial charge in [-0.2, -0.15) is 0 Å². The van der Waals surface area contributed by atoms with Gasteiger partial charge >= 0.3 is 0 Å². The summed E-state index contributed by atoms with van der Waals surface area (Å²) < 4.78 is 1.78. The highest BCUT2D eigenvalue weighted by atomic mass is 32.1. The topological polar surface area (TPSA) is 76.0 Å². The maximum Gasteiger partial charge on any atom is 0.253 e. The quantitative estimate of drug-likeness (QED) is 0.726. The fourth-order valence-electron chi connectivity index (χ4n) is 2.46. The van der Waals surface area contributed by atoms with Gasteiger partial charge in [0.25, 0.3) is 5.91 Å². The Morgan fingerprint density at radius 3 is 2.77 bits per heavy atom. The lowest BCUT2D eigenvalue weighted by Gasteiger charge is -2.12. The minimum absolute atomic E-state index is 0.284. The molecular formula is C19H20N4O2S. The van der Waals surface area contributed by atoms with E-state index in [2.05, 4.69) is 15.6 Å². The molecule has 0 aliphatic heterocycles. The van der Waals surface area contributed by atoms with Crippen molar-refractivity contribution in [3.8, 4) is 11.3 Å². The monoisotopic (exact) mass is 368 g/mol. The van der Waals surface area contributed by atoms with Crippen molar-refractivity contribution in [2.24, 2.45) is 7.05 Å². The van der Waals surface area contributed by atoms with Crippen LogP contribution in [0.25, 0.3) is 11.3 Å². The summed E-state index contributed by atoms with van der Waals surface area (Å²) in [4.78, 5) is 28.9. The second-order valence-electron chi connectivity index (χ2n) is 6.16. The van der Waals surface area contributed by atoms with Crippen molar-refractivity contribution >= 4 is 28.3 Å². The summed E-state index contributed by atoms with van der Waals surface area (Å²) in [5.41, 5.74) is 3.49. The van der Waals surface area contributed by atoms with Crippen LogP contribution in [0, 0.1) is 6.92 Å². The van der Waals surface area contributed by atoms with Gasteiger partial charge in [0, 0.05) is 30.4 Å². The molecule has 1 aromatic carbocycles. The number of rotatable bonds is 5. The standard InChI is InChI=1S/C19H20N4O2S/c1-12-5-4-6-14(9-12)16-11-26-19(21-16)22-17(24)13(2)20-18(25)15-7-8-23(3)10-15/h4-11,13H,1-3H3,(H,20,25)(H,21,22,24). The minimum Gasteiger partial charge on any atom is -0.356 e. The molecule has 0 fully saturated rings. The number of nitrogens with one attached hydrogen (secondary N) is 2. The van der Waals surface area contributed by atoms with Crippen LogP contribution in [0.5, 0.6) is 0 Å². The Hall–Kier alpha value is -2.93. The number of carbonyl (C=O) groups excluding carboxylic acids is 2. The van der Waals surface area contributed by atoms with Crippen LogP contribution in [0.1, 0.15) is 22.8 Å². The maximum absolute atomic E-state index is 12.3. The van der Waals surface area contributed by atoms with Crippen LogP contribution < -0.4 is 10.6 Å². The molecule has 134 valence electrons. The zero-order chi connectivity index (χ0) is 18.7. The normalized spacial score (nSPS) is 11.8. The van der Waals surface area contributed by atoms with Crippen LogP contribution in [-0.2, 0) is 11.8 Å². The summed E-state index contributed by atoms with van der Waals surface area (Å²) in [5.74, 6) is -0.590. The summed E-state index contributed by atoms with van der Waals surface area (Å²) in [6.45, 7) is 3.67. The number of anilines is 1. The second kappa shape index (κ2) is 7.53. The Morgan fingerprint density at radius 1 is 1.27 bits per heavy atom. The predicted octanol–water partition coefficient (Wildman–Crippen LogP) is 3.21. The Morgan fingerprint density at radius 2 is 2.08 bits per heavy atom. The van der Waals surface area contributed by atoms with Crippen LogP contribution in [0.3, 0.4) is 0 Å². The molecule has 3 aromatic rings. The van der Waals surface area contributed by atoms with E-state index in [0.29, 0.717) is 10.7 Å². The first-order valence-electron chi connectivity index (χ1n) is 8.18. The SMILES string of the molecule is Cc1cccc(-c2csc(NC(=O)C(C)NC(=O)c3ccn(C)c3)n2)c1. The molecular weight excluding hydrogens is 348 g/mol. The van der Waals surface area contributed by atoms with E-state index in [-0.39, 0.29) is 11.8 Å². The Bertz CT molecular complexity index is 944. The largest absolute Gasteiger partial charge is 0.356 e. The van der Waals surface area contributed by atoms with E-state index in [1.165, 1.54) is 11.3 Å². The van der Waals surface area contributed by atoms with Gasteiger partial charge in [-0.1, -0.05) is 23.8 Å². The number of carbonyl (C=O) groups is 2. The number of aromatic nitrogens is 2. The maximum atomic E-state index is 12.3. The van der Waals surface area contributed by atoms with E-state index in [1.54, 1.807) is 30.0 Å². The highest BCUT2D eigenvalue weighted by Gasteiger charge is 2.18. The first kappa shape index (κ1) is 17.9. The molecule has 2 N–H and O–H groups in total.